The molecule has 1 heterocycles. The zero-order chi connectivity index (χ0) is 13.2. The molecule has 96 valence electrons. The van der Waals surface area contributed by atoms with Gasteiger partial charge in [0.05, 0.1) is 23.1 Å². The van der Waals surface area contributed by atoms with Gasteiger partial charge in [0.1, 0.15) is 0 Å². The lowest BCUT2D eigenvalue weighted by atomic mass is 10.1. The maximum atomic E-state index is 12.9. The fraction of sp³-hybridized carbons (Fsp3) is 0.273. The average molecular weight is 256 g/mol. The molecule has 0 aliphatic carbocycles. The van der Waals surface area contributed by atoms with E-state index in [9.17, 15) is 13.2 Å². The van der Waals surface area contributed by atoms with E-state index >= 15 is 0 Å². The van der Waals surface area contributed by atoms with Crippen molar-refractivity contribution in [2.45, 2.75) is 12.7 Å². The van der Waals surface area contributed by atoms with E-state index in [1.165, 1.54) is 29.1 Å². The van der Waals surface area contributed by atoms with Gasteiger partial charge in [0, 0.05) is 6.54 Å². The molecule has 0 atom stereocenters. The van der Waals surface area contributed by atoms with Crippen molar-refractivity contribution in [3.8, 4) is 5.69 Å². The van der Waals surface area contributed by atoms with Crippen LogP contribution < -0.4 is 5.32 Å². The molecule has 2 rings (SSSR count). The molecule has 0 saturated heterocycles. The highest BCUT2D eigenvalue weighted by atomic mass is 19.4. The fourth-order valence-electron chi connectivity index (χ4n) is 1.66. The minimum Gasteiger partial charge on any atom is -0.314 e. The van der Waals surface area contributed by atoms with Gasteiger partial charge in [-0.05, 0) is 19.2 Å². The monoisotopic (exact) mass is 256 g/mol. The lowest BCUT2D eigenvalue weighted by Crippen LogP contribution is -2.15. The number of hydrogen-bond acceptors (Lipinski definition) is 3. The molecule has 0 unspecified atom stereocenters. The normalized spacial score (nSPS) is 11.8. The van der Waals surface area contributed by atoms with Gasteiger partial charge in [-0.2, -0.15) is 13.2 Å². The Hall–Kier alpha value is -1.89. The van der Waals surface area contributed by atoms with Gasteiger partial charge in [-0.15, -0.1) is 5.10 Å². The molecule has 0 aliphatic heterocycles. The number of aromatic nitrogens is 3. The second kappa shape index (κ2) is 4.77. The Morgan fingerprint density at radius 3 is 2.67 bits per heavy atom. The van der Waals surface area contributed by atoms with Crippen LogP contribution >= 0.6 is 0 Å². The van der Waals surface area contributed by atoms with Gasteiger partial charge in [0.15, 0.2) is 0 Å². The van der Waals surface area contributed by atoms with Crippen molar-refractivity contribution in [1.29, 1.82) is 0 Å². The van der Waals surface area contributed by atoms with E-state index in [1.54, 1.807) is 7.05 Å². The zero-order valence-corrected chi connectivity index (χ0v) is 9.57. The Morgan fingerprint density at radius 2 is 2.00 bits per heavy atom. The van der Waals surface area contributed by atoms with Crippen molar-refractivity contribution >= 4 is 0 Å². The van der Waals surface area contributed by atoms with Gasteiger partial charge < -0.3 is 5.32 Å². The van der Waals surface area contributed by atoms with Crippen LogP contribution in [-0.2, 0) is 12.7 Å². The topological polar surface area (TPSA) is 42.7 Å². The van der Waals surface area contributed by atoms with Gasteiger partial charge in [-0.1, -0.05) is 17.3 Å². The van der Waals surface area contributed by atoms with Crippen LogP contribution in [0.4, 0.5) is 13.2 Å². The first-order valence-electron chi connectivity index (χ1n) is 5.25. The summed E-state index contributed by atoms with van der Waals surface area (Å²) in [5, 5.41) is 10.2. The van der Waals surface area contributed by atoms with Crippen molar-refractivity contribution < 1.29 is 13.2 Å². The van der Waals surface area contributed by atoms with Crippen LogP contribution in [0.2, 0.25) is 0 Å². The van der Waals surface area contributed by atoms with E-state index in [1.807, 2.05) is 0 Å². The summed E-state index contributed by atoms with van der Waals surface area (Å²) in [6.45, 7) is 0.388. The molecule has 1 N–H and O–H groups in total. The van der Waals surface area contributed by atoms with Crippen LogP contribution in [0.3, 0.4) is 0 Å². The summed E-state index contributed by atoms with van der Waals surface area (Å²) in [6.07, 6.45) is -2.98. The summed E-state index contributed by atoms with van der Waals surface area (Å²) < 4.78 is 39.8. The molecule has 2 aromatic rings. The largest absolute Gasteiger partial charge is 0.418 e. The lowest BCUT2D eigenvalue weighted by Gasteiger charge is -2.13. The van der Waals surface area contributed by atoms with E-state index in [0.29, 0.717) is 12.2 Å². The Kier molecular flexibility index (Phi) is 3.33. The summed E-state index contributed by atoms with van der Waals surface area (Å²) in [6, 6.07) is 5.28. The number of halogens is 3. The SMILES string of the molecule is CNCc1cnnn1-c1ccccc1C(F)(F)F. The number of nitrogens with one attached hydrogen (secondary N) is 1. The Bertz CT molecular complexity index is 533. The van der Waals surface area contributed by atoms with E-state index in [0.717, 1.165) is 6.07 Å². The number of nitrogens with zero attached hydrogens (tertiary/aromatic N) is 3. The van der Waals surface area contributed by atoms with Crippen molar-refractivity contribution in [2.75, 3.05) is 7.05 Å². The van der Waals surface area contributed by atoms with Gasteiger partial charge in [-0.3, -0.25) is 0 Å². The molecule has 0 bridgehead atoms. The molecule has 7 heteroatoms. The van der Waals surface area contributed by atoms with Crippen LogP contribution in [0, 0.1) is 0 Å². The first-order chi connectivity index (χ1) is 8.54. The quantitative estimate of drug-likeness (QED) is 0.913. The predicted molar refractivity (Wildman–Crippen MR) is 59.1 cm³/mol. The molecular weight excluding hydrogens is 245 g/mol. The second-order valence-corrected chi connectivity index (χ2v) is 3.68. The first kappa shape index (κ1) is 12.6. The number of rotatable bonds is 3. The molecule has 0 saturated carbocycles. The fourth-order valence-corrected chi connectivity index (χ4v) is 1.66. The van der Waals surface area contributed by atoms with Gasteiger partial charge in [0.2, 0.25) is 0 Å². The highest BCUT2D eigenvalue weighted by Gasteiger charge is 2.34. The molecule has 0 aliphatic rings. The minimum atomic E-state index is -4.42. The summed E-state index contributed by atoms with van der Waals surface area (Å²) in [5.41, 5.74) is -0.185. The number of alkyl halides is 3. The third kappa shape index (κ3) is 2.35. The van der Waals surface area contributed by atoms with Crippen LogP contribution in [-0.4, -0.2) is 22.0 Å². The van der Waals surface area contributed by atoms with E-state index < -0.39 is 11.7 Å². The van der Waals surface area contributed by atoms with Crippen molar-refractivity contribution in [3.63, 3.8) is 0 Å². The summed E-state index contributed by atoms with van der Waals surface area (Å²) in [7, 11) is 1.70. The second-order valence-electron chi connectivity index (χ2n) is 3.68. The highest BCUT2D eigenvalue weighted by molar-refractivity contribution is 5.42. The molecule has 0 radical (unpaired) electrons. The zero-order valence-electron chi connectivity index (χ0n) is 9.57. The molecule has 1 aromatic heterocycles. The molecule has 18 heavy (non-hydrogen) atoms. The Morgan fingerprint density at radius 1 is 1.28 bits per heavy atom. The lowest BCUT2D eigenvalue weighted by molar-refractivity contribution is -0.137. The third-order valence-electron chi connectivity index (χ3n) is 2.42. The molecule has 0 spiro atoms. The van der Waals surface area contributed by atoms with Gasteiger partial charge >= 0.3 is 6.18 Å². The van der Waals surface area contributed by atoms with Crippen LogP contribution in [0.25, 0.3) is 5.69 Å². The minimum absolute atomic E-state index is 0.0206. The number of para-hydroxylation sites is 1. The molecular formula is C11H11F3N4. The molecule has 4 nitrogen and oxygen atoms in total. The first-order valence-corrected chi connectivity index (χ1v) is 5.25. The van der Waals surface area contributed by atoms with Gasteiger partial charge in [-0.25, -0.2) is 4.68 Å². The van der Waals surface area contributed by atoms with E-state index in [4.69, 9.17) is 0 Å². The maximum Gasteiger partial charge on any atom is 0.418 e. The predicted octanol–water partition coefficient (Wildman–Crippen LogP) is 2.01. The Balaban J connectivity index is 2.54. The Labute approximate surface area is 101 Å². The van der Waals surface area contributed by atoms with Crippen molar-refractivity contribution in [2.24, 2.45) is 0 Å². The maximum absolute atomic E-state index is 12.9. The summed E-state index contributed by atoms with van der Waals surface area (Å²) >= 11 is 0. The molecule has 0 amide bonds. The van der Waals surface area contributed by atoms with E-state index in [-0.39, 0.29) is 5.69 Å². The van der Waals surface area contributed by atoms with Crippen molar-refractivity contribution in [1.82, 2.24) is 20.3 Å². The van der Waals surface area contributed by atoms with E-state index in [2.05, 4.69) is 15.6 Å². The van der Waals surface area contributed by atoms with Crippen LogP contribution in [0.15, 0.2) is 30.5 Å². The highest BCUT2D eigenvalue weighted by Crippen LogP contribution is 2.33. The smallest absolute Gasteiger partial charge is 0.314 e. The molecule has 0 fully saturated rings. The van der Waals surface area contributed by atoms with Crippen LogP contribution in [0.5, 0.6) is 0 Å². The van der Waals surface area contributed by atoms with Crippen LogP contribution in [0.1, 0.15) is 11.3 Å². The van der Waals surface area contributed by atoms with Gasteiger partial charge in [0.25, 0.3) is 0 Å². The average Bonchev–Trinajstić information content (AvgIpc) is 2.77. The molecule has 1 aromatic carbocycles. The third-order valence-corrected chi connectivity index (χ3v) is 2.42. The number of benzene rings is 1. The summed E-state index contributed by atoms with van der Waals surface area (Å²) in [4.78, 5) is 0. The standard InChI is InChI=1S/C11H11F3N4/c1-15-6-8-7-16-17-18(8)10-5-3-2-4-9(10)11(12,13)14/h2-5,7,15H,6H2,1H3. The summed E-state index contributed by atoms with van der Waals surface area (Å²) in [5.74, 6) is 0. The van der Waals surface area contributed by atoms with Crippen molar-refractivity contribution in [3.05, 3.63) is 41.7 Å². The number of hydrogen-bond donors (Lipinski definition) is 1.